The molecule has 7 nitrogen and oxygen atoms in total. The molecule has 0 heterocycles. The molecule has 9 heteroatoms. The Kier molecular flexibility index (Phi) is 8.17. The van der Waals surface area contributed by atoms with Crippen LogP contribution in [-0.4, -0.2) is 32.6 Å². The van der Waals surface area contributed by atoms with E-state index in [1.165, 1.54) is 44.6 Å². The molecule has 0 radical (unpaired) electrons. The fraction of sp³-hybridized carbons (Fsp3) is 0.120. The van der Waals surface area contributed by atoms with Gasteiger partial charge in [0, 0.05) is 17.8 Å². The van der Waals surface area contributed by atoms with E-state index in [-0.39, 0.29) is 17.1 Å². The Labute approximate surface area is 195 Å². The summed E-state index contributed by atoms with van der Waals surface area (Å²) in [5, 5.41) is 5.44. The van der Waals surface area contributed by atoms with Crippen molar-refractivity contribution in [1.82, 2.24) is 0 Å². The van der Waals surface area contributed by atoms with Gasteiger partial charge in [-0.15, -0.1) is 0 Å². The van der Waals surface area contributed by atoms with Crippen molar-refractivity contribution in [3.8, 4) is 17.2 Å². The van der Waals surface area contributed by atoms with Crippen LogP contribution in [-0.2, 0) is 4.79 Å². The molecule has 0 aromatic heterocycles. The van der Waals surface area contributed by atoms with Crippen LogP contribution in [0.5, 0.6) is 17.2 Å². The Balaban J connectivity index is 1.71. The fourth-order valence-corrected chi connectivity index (χ4v) is 3.02. The quantitative estimate of drug-likeness (QED) is 0.421. The minimum absolute atomic E-state index is 0.0995. The molecule has 176 valence electrons. The minimum atomic E-state index is -2.98. The normalized spacial score (nSPS) is 10.7. The molecule has 3 aromatic carbocycles. The van der Waals surface area contributed by atoms with E-state index < -0.39 is 18.4 Å². The van der Waals surface area contributed by atoms with Crippen molar-refractivity contribution < 1.29 is 32.6 Å². The van der Waals surface area contributed by atoms with E-state index in [4.69, 9.17) is 9.47 Å². The highest BCUT2D eigenvalue weighted by molar-refractivity contribution is 6.11. The molecule has 3 aromatic rings. The standard InChI is InChI=1S/C25H22F2N2O5/c1-32-18-7-5-6-17(15-18)28-24(31)19-8-3-4-9-20(19)29-23(30)13-11-16-10-12-21(34-25(26)27)22(14-16)33-2/h3-15,25H,1-2H3,(H,28,31)(H,29,30)/b13-11+. The van der Waals surface area contributed by atoms with Crippen LogP contribution in [0.3, 0.4) is 0 Å². The molecule has 0 saturated carbocycles. The number of alkyl halides is 2. The van der Waals surface area contributed by atoms with Crippen LogP contribution in [0, 0.1) is 0 Å². The van der Waals surface area contributed by atoms with Crippen molar-refractivity contribution in [2.45, 2.75) is 6.61 Å². The highest BCUT2D eigenvalue weighted by Crippen LogP contribution is 2.30. The molecule has 3 rings (SSSR count). The first-order chi connectivity index (χ1) is 16.4. The van der Waals surface area contributed by atoms with Gasteiger partial charge in [0.2, 0.25) is 5.91 Å². The number of hydrogen-bond acceptors (Lipinski definition) is 5. The van der Waals surface area contributed by atoms with E-state index in [0.717, 1.165) is 0 Å². The summed E-state index contributed by atoms with van der Waals surface area (Å²) in [5.41, 5.74) is 1.65. The molecule has 2 amide bonds. The molecule has 0 unspecified atom stereocenters. The number of ether oxygens (including phenoxy) is 3. The van der Waals surface area contributed by atoms with Crippen molar-refractivity contribution in [1.29, 1.82) is 0 Å². The lowest BCUT2D eigenvalue weighted by atomic mass is 10.1. The maximum absolute atomic E-state index is 12.8. The third kappa shape index (κ3) is 6.55. The van der Waals surface area contributed by atoms with Gasteiger partial charge in [-0.25, -0.2) is 0 Å². The van der Waals surface area contributed by atoms with E-state index >= 15 is 0 Å². The van der Waals surface area contributed by atoms with Crippen LogP contribution in [0.4, 0.5) is 20.2 Å². The topological polar surface area (TPSA) is 85.9 Å². The number of carbonyl (C=O) groups is 2. The molecular weight excluding hydrogens is 446 g/mol. The van der Waals surface area contributed by atoms with Gasteiger partial charge < -0.3 is 24.8 Å². The van der Waals surface area contributed by atoms with E-state index in [1.54, 1.807) is 48.5 Å². The molecule has 0 atom stereocenters. The maximum atomic E-state index is 12.8. The molecular formula is C25H22F2N2O5. The zero-order valence-electron chi connectivity index (χ0n) is 18.4. The number of methoxy groups -OCH3 is 2. The van der Waals surface area contributed by atoms with Gasteiger partial charge in [0.25, 0.3) is 5.91 Å². The predicted octanol–water partition coefficient (Wildman–Crippen LogP) is 5.21. The van der Waals surface area contributed by atoms with Gasteiger partial charge >= 0.3 is 6.61 Å². The van der Waals surface area contributed by atoms with Crippen molar-refractivity contribution in [2.75, 3.05) is 24.9 Å². The number of halogens is 2. The van der Waals surface area contributed by atoms with Crippen LogP contribution in [0.2, 0.25) is 0 Å². The number of benzene rings is 3. The maximum Gasteiger partial charge on any atom is 0.387 e. The summed E-state index contributed by atoms with van der Waals surface area (Å²) in [7, 11) is 2.85. The summed E-state index contributed by atoms with van der Waals surface area (Å²) in [6.45, 7) is -2.98. The van der Waals surface area contributed by atoms with Gasteiger partial charge in [0.05, 0.1) is 25.5 Å². The van der Waals surface area contributed by atoms with Crippen molar-refractivity contribution in [2.24, 2.45) is 0 Å². The van der Waals surface area contributed by atoms with Crippen LogP contribution in [0.1, 0.15) is 15.9 Å². The second-order valence-corrected chi connectivity index (χ2v) is 6.84. The molecule has 0 saturated heterocycles. The van der Waals surface area contributed by atoms with Crippen molar-refractivity contribution in [3.63, 3.8) is 0 Å². The lowest BCUT2D eigenvalue weighted by Gasteiger charge is -2.11. The average molecular weight is 468 g/mol. The fourth-order valence-electron chi connectivity index (χ4n) is 3.02. The summed E-state index contributed by atoms with van der Waals surface area (Å²) in [6.07, 6.45) is 2.72. The molecule has 34 heavy (non-hydrogen) atoms. The zero-order chi connectivity index (χ0) is 24.5. The number of rotatable bonds is 9. The second-order valence-electron chi connectivity index (χ2n) is 6.84. The molecule has 0 bridgehead atoms. The first-order valence-electron chi connectivity index (χ1n) is 10.1. The van der Waals surface area contributed by atoms with Gasteiger partial charge in [-0.3, -0.25) is 9.59 Å². The zero-order valence-corrected chi connectivity index (χ0v) is 18.4. The van der Waals surface area contributed by atoms with Crippen LogP contribution in [0.25, 0.3) is 6.08 Å². The summed E-state index contributed by atoms with van der Waals surface area (Å²) < 4.78 is 39.5. The Morgan fingerprint density at radius 3 is 2.41 bits per heavy atom. The Morgan fingerprint density at radius 2 is 1.68 bits per heavy atom. The first-order valence-corrected chi connectivity index (χ1v) is 10.1. The van der Waals surface area contributed by atoms with E-state index in [9.17, 15) is 18.4 Å². The molecule has 0 spiro atoms. The van der Waals surface area contributed by atoms with Gasteiger partial charge in [0.1, 0.15) is 5.75 Å². The van der Waals surface area contributed by atoms with Crippen LogP contribution in [0.15, 0.2) is 72.8 Å². The molecule has 2 N–H and O–H groups in total. The van der Waals surface area contributed by atoms with Gasteiger partial charge in [-0.05, 0) is 48.0 Å². The predicted molar refractivity (Wildman–Crippen MR) is 125 cm³/mol. The third-order valence-corrected chi connectivity index (χ3v) is 4.59. The molecule has 0 aliphatic heterocycles. The number of nitrogens with one attached hydrogen (secondary N) is 2. The number of amides is 2. The Bertz CT molecular complexity index is 1200. The Morgan fingerprint density at radius 1 is 0.882 bits per heavy atom. The Hall–Kier alpha value is -4.40. The summed E-state index contributed by atoms with van der Waals surface area (Å²) in [6, 6.07) is 17.7. The molecule has 0 fully saturated rings. The SMILES string of the molecule is COc1cccc(NC(=O)c2ccccc2NC(=O)/C=C/c2ccc(OC(F)F)c(OC)c2)c1. The van der Waals surface area contributed by atoms with Crippen molar-refractivity contribution in [3.05, 3.63) is 83.9 Å². The third-order valence-electron chi connectivity index (χ3n) is 4.59. The summed E-state index contributed by atoms with van der Waals surface area (Å²) in [4.78, 5) is 25.2. The highest BCUT2D eigenvalue weighted by Gasteiger charge is 2.13. The molecule has 0 aliphatic rings. The van der Waals surface area contributed by atoms with Gasteiger partial charge in [-0.1, -0.05) is 24.3 Å². The minimum Gasteiger partial charge on any atom is -0.497 e. The first kappa shape index (κ1) is 24.2. The lowest BCUT2D eigenvalue weighted by Crippen LogP contribution is -2.17. The second kappa shape index (κ2) is 11.5. The number of para-hydroxylation sites is 1. The van der Waals surface area contributed by atoms with Crippen molar-refractivity contribution >= 4 is 29.3 Å². The monoisotopic (exact) mass is 468 g/mol. The van der Waals surface area contributed by atoms with Crippen LogP contribution < -0.4 is 24.8 Å². The van der Waals surface area contributed by atoms with E-state index in [2.05, 4.69) is 15.4 Å². The van der Waals surface area contributed by atoms with Gasteiger partial charge in [0.15, 0.2) is 11.5 Å². The van der Waals surface area contributed by atoms with E-state index in [1.807, 2.05) is 0 Å². The number of hydrogen-bond donors (Lipinski definition) is 2. The van der Waals surface area contributed by atoms with Crippen LogP contribution >= 0.6 is 0 Å². The smallest absolute Gasteiger partial charge is 0.387 e. The largest absolute Gasteiger partial charge is 0.497 e. The van der Waals surface area contributed by atoms with Gasteiger partial charge in [-0.2, -0.15) is 8.78 Å². The highest BCUT2D eigenvalue weighted by atomic mass is 19.3. The summed E-state index contributed by atoms with van der Waals surface area (Å²) in [5.74, 6) is -0.326. The summed E-state index contributed by atoms with van der Waals surface area (Å²) >= 11 is 0. The molecule has 0 aliphatic carbocycles. The lowest BCUT2D eigenvalue weighted by molar-refractivity contribution is -0.111. The van der Waals surface area contributed by atoms with E-state index in [0.29, 0.717) is 22.7 Å². The number of carbonyl (C=O) groups excluding carboxylic acids is 2. The average Bonchev–Trinajstić information content (AvgIpc) is 2.83. The number of anilines is 2.